The standard InChI is InChI=1S/C9H7ClF3NO2/c1-16-8(15)3-7-6(10)2-5(4-14-7)9(11,12)13/h2,4H,3H2,1H3. The van der Waals surface area contributed by atoms with E-state index in [-0.39, 0.29) is 17.1 Å². The largest absolute Gasteiger partial charge is 0.469 e. The normalized spacial score (nSPS) is 11.3. The first-order valence-electron chi connectivity index (χ1n) is 4.13. The van der Waals surface area contributed by atoms with Crippen LogP contribution >= 0.6 is 11.6 Å². The lowest BCUT2D eigenvalue weighted by Crippen LogP contribution is -2.10. The highest BCUT2D eigenvalue weighted by Crippen LogP contribution is 2.31. The van der Waals surface area contributed by atoms with E-state index in [0.717, 1.165) is 6.07 Å². The van der Waals surface area contributed by atoms with Crippen LogP contribution in [0.5, 0.6) is 0 Å². The molecule has 1 heterocycles. The minimum absolute atomic E-state index is 0.0570. The summed E-state index contributed by atoms with van der Waals surface area (Å²) in [6, 6.07) is 0.729. The van der Waals surface area contributed by atoms with Crippen molar-refractivity contribution in [3.63, 3.8) is 0 Å². The summed E-state index contributed by atoms with van der Waals surface area (Å²) in [6.07, 6.45) is -4.13. The molecule has 0 aliphatic heterocycles. The second kappa shape index (κ2) is 4.69. The summed E-state index contributed by atoms with van der Waals surface area (Å²) in [4.78, 5) is 14.4. The van der Waals surface area contributed by atoms with Gasteiger partial charge in [0, 0.05) is 6.20 Å². The first kappa shape index (κ1) is 12.8. The van der Waals surface area contributed by atoms with Gasteiger partial charge in [0.2, 0.25) is 0 Å². The summed E-state index contributed by atoms with van der Waals surface area (Å²) in [5.41, 5.74) is -0.896. The van der Waals surface area contributed by atoms with Crippen molar-refractivity contribution in [1.82, 2.24) is 4.98 Å². The lowest BCUT2D eigenvalue weighted by atomic mass is 10.2. The van der Waals surface area contributed by atoms with Gasteiger partial charge in [-0.1, -0.05) is 11.6 Å². The van der Waals surface area contributed by atoms with Gasteiger partial charge in [-0.2, -0.15) is 13.2 Å². The molecule has 0 N–H and O–H groups in total. The molecule has 0 saturated heterocycles. The highest BCUT2D eigenvalue weighted by molar-refractivity contribution is 6.31. The summed E-state index contributed by atoms with van der Waals surface area (Å²) >= 11 is 5.57. The number of rotatable bonds is 2. The number of methoxy groups -OCH3 is 1. The molecule has 0 saturated carbocycles. The van der Waals surface area contributed by atoms with E-state index in [0.29, 0.717) is 6.20 Å². The van der Waals surface area contributed by atoms with E-state index >= 15 is 0 Å². The third-order valence-corrected chi connectivity index (χ3v) is 2.11. The molecule has 0 bridgehead atoms. The minimum Gasteiger partial charge on any atom is -0.469 e. The summed E-state index contributed by atoms with van der Waals surface area (Å²) in [5, 5.41) is -0.208. The third-order valence-electron chi connectivity index (χ3n) is 1.78. The molecular weight excluding hydrogens is 247 g/mol. The maximum atomic E-state index is 12.2. The van der Waals surface area contributed by atoms with E-state index in [1.165, 1.54) is 7.11 Å². The number of carbonyl (C=O) groups is 1. The van der Waals surface area contributed by atoms with Gasteiger partial charge in [0.05, 0.1) is 29.8 Å². The van der Waals surface area contributed by atoms with Gasteiger partial charge in [0.15, 0.2) is 0 Å². The van der Waals surface area contributed by atoms with Crippen LogP contribution in [-0.2, 0) is 22.1 Å². The van der Waals surface area contributed by atoms with Crippen LogP contribution in [0, 0.1) is 0 Å². The number of hydrogen-bond donors (Lipinski definition) is 0. The van der Waals surface area contributed by atoms with E-state index in [2.05, 4.69) is 9.72 Å². The Balaban J connectivity index is 2.96. The molecule has 0 unspecified atom stereocenters. The topological polar surface area (TPSA) is 39.2 Å². The molecule has 0 amide bonds. The highest BCUT2D eigenvalue weighted by Gasteiger charge is 2.31. The Kier molecular flexibility index (Phi) is 3.74. The molecule has 7 heteroatoms. The second-order valence-corrected chi connectivity index (χ2v) is 3.31. The van der Waals surface area contributed by atoms with Crippen molar-refractivity contribution in [1.29, 1.82) is 0 Å². The smallest absolute Gasteiger partial charge is 0.417 e. The van der Waals surface area contributed by atoms with E-state index in [9.17, 15) is 18.0 Å². The summed E-state index contributed by atoms with van der Waals surface area (Å²) in [5.74, 6) is -0.617. The summed E-state index contributed by atoms with van der Waals surface area (Å²) in [6.45, 7) is 0. The van der Waals surface area contributed by atoms with Crippen LogP contribution in [0.2, 0.25) is 5.02 Å². The fraction of sp³-hybridized carbons (Fsp3) is 0.333. The van der Waals surface area contributed by atoms with E-state index in [4.69, 9.17) is 11.6 Å². The van der Waals surface area contributed by atoms with Gasteiger partial charge in [-0.25, -0.2) is 0 Å². The maximum absolute atomic E-state index is 12.2. The SMILES string of the molecule is COC(=O)Cc1ncc(C(F)(F)F)cc1Cl. The van der Waals surface area contributed by atoms with Crippen molar-refractivity contribution in [2.45, 2.75) is 12.6 Å². The summed E-state index contributed by atoms with van der Waals surface area (Å²) in [7, 11) is 1.17. The van der Waals surface area contributed by atoms with Gasteiger partial charge < -0.3 is 4.74 Å². The number of nitrogens with zero attached hydrogens (tertiary/aromatic N) is 1. The highest BCUT2D eigenvalue weighted by atomic mass is 35.5. The van der Waals surface area contributed by atoms with Crippen LogP contribution in [0.4, 0.5) is 13.2 Å². The first-order chi connectivity index (χ1) is 7.34. The molecule has 0 fully saturated rings. The van der Waals surface area contributed by atoms with Crippen LogP contribution < -0.4 is 0 Å². The zero-order valence-corrected chi connectivity index (χ0v) is 8.89. The molecule has 1 aromatic heterocycles. The van der Waals surface area contributed by atoms with Crippen molar-refractivity contribution in [2.75, 3.05) is 7.11 Å². The van der Waals surface area contributed by atoms with Gasteiger partial charge >= 0.3 is 12.1 Å². The van der Waals surface area contributed by atoms with Gasteiger partial charge in [-0.3, -0.25) is 9.78 Å². The minimum atomic E-state index is -4.50. The Hall–Kier alpha value is -1.30. The van der Waals surface area contributed by atoms with Gasteiger partial charge in [-0.15, -0.1) is 0 Å². The number of aromatic nitrogens is 1. The van der Waals surface area contributed by atoms with Crippen molar-refractivity contribution in [3.05, 3.63) is 28.5 Å². The fourth-order valence-electron chi connectivity index (χ4n) is 0.960. The molecule has 3 nitrogen and oxygen atoms in total. The molecule has 1 aromatic rings. The van der Waals surface area contributed by atoms with E-state index in [1.807, 2.05) is 0 Å². The van der Waals surface area contributed by atoms with E-state index in [1.54, 1.807) is 0 Å². The van der Waals surface area contributed by atoms with Gasteiger partial charge in [0.25, 0.3) is 0 Å². The molecule has 0 aromatic carbocycles. The molecule has 0 spiro atoms. The second-order valence-electron chi connectivity index (χ2n) is 2.90. The Morgan fingerprint density at radius 3 is 2.62 bits per heavy atom. The zero-order valence-electron chi connectivity index (χ0n) is 8.14. The zero-order chi connectivity index (χ0) is 12.3. The first-order valence-corrected chi connectivity index (χ1v) is 4.51. The number of carbonyl (C=O) groups excluding carboxylic acids is 1. The fourth-order valence-corrected chi connectivity index (χ4v) is 1.19. The predicted octanol–water partition coefficient (Wildman–Crippen LogP) is 2.47. The Morgan fingerprint density at radius 2 is 2.19 bits per heavy atom. The Labute approximate surface area is 94.2 Å². The van der Waals surface area contributed by atoms with Crippen molar-refractivity contribution in [2.24, 2.45) is 0 Å². The van der Waals surface area contributed by atoms with Crippen molar-refractivity contribution in [3.8, 4) is 0 Å². The Morgan fingerprint density at radius 1 is 1.56 bits per heavy atom. The molecular formula is C9H7ClF3NO2. The van der Waals surface area contributed by atoms with Crippen LogP contribution in [0.3, 0.4) is 0 Å². The Bertz CT molecular complexity index is 406. The number of alkyl halides is 3. The van der Waals surface area contributed by atoms with Crippen molar-refractivity contribution < 1.29 is 22.7 Å². The van der Waals surface area contributed by atoms with Crippen LogP contribution in [0.15, 0.2) is 12.3 Å². The number of halogens is 4. The lowest BCUT2D eigenvalue weighted by Gasteiger charge is -2.08. The molecule has 1 rings (SSSR count). The molecule has 88 valence electrons. The monoisotopic (exact) mass is 253 g/mol. The summed E-state index contributed by atoms with van der Waals surface area (Å²) < 4.78 is 41.1. The average Bonchev–Trinajstić information content (AvgIpc) is 2.19. The van der Waals surface area contributed by atoms with Crippen LogP contribution in [-0.4, -0.2) is 18.1 Å². The molecule has 0 radical (unpaired) electrons. The molecule has 0 aliphatic rings. The van der Waals surface area contributed by atoms with E-state index < -0.39 is 17.7 Å². The number of ether oxygens (including phenoxy) is 1. The molecule has 0 atom stereocenters. The molecule has 16 heavy (non-hydrogen) atoms. The third kappa shape index (κ3) is 3.10. The van der Waals surface area contributed by atoms with Crippen molar-refractivity contribution >= 4 is 17.6 Å². The number of hydrogen-bond acceptors (Lipinski definition) is 3. The van der Waals surface area contributed by atoms with Crippen LogP contribution in [0.25, 0.3) is 0 Å². The average molecular weight is 254 g/mol. The number of pyridine rings is 1. The van der Waals surface area contributed by atoms with Crippen LogP contribution in [0.1, 0.15) is 11.3 Å². The molecule has 0 aliphatic carbocycles. The van der Waals surface area contributed by atoms with Gasteiger partial charge in [0.1, 0.15) is 0 Å². The predicted molar refractivity (Wildman–Crippen MR) is 50.0 cm³/mol. The maximum Gasteiger partial charge on any atom is 0.417 e. The van der Waals surface area contributed by atoms with Gasteiger partial charge in [-0.05, 0) is 6.07 Å². The lowest BCUT2D eigenvalue weighted by molar-refractivity contribution is -0.139. The number of esters is 1. The quantitative estimate of drug-likeness (QED) is 0.760.